The largest absolute Gasteiger partial charge is 0.493 e. The van der Waals surface area contributed by atoms with Crippen molar-refractivity contribution in [2.75, 3.05) is 27.9 Å². The molecule has 0 atom stereocenters. The maximum Gasteiger partial charge on any atom is 0.343 e. The summed E-state index contributed by atoms with van der Waals surface area (Å²) in [5.74, 6) is 1.00. The number of hydrazone groups is 1. The van der Waals surface area contributed by atoms with Crippen molar-refractivity contribution in [2.24, 2.45) is 5.10 Å². The minimum absolute atomic E-state index is 0.175. The van der Waals surface area contributed by atoms with Crippen LogP contribution in [0.2, 0.25) is 0 Å². The number of nitrogens with zero attached hydrogens (tertiary/aromatic N) is 1. The lowest BCUT2D eigenvalue weighted by atomic mass is 10.1. The zero-order valence-electron chi connectivity index (χ0n) is 21.1. The standard InChI is InChI=1S/C27H27IN2O7/c1-16-9-20(28)10-17(2)25(16)36-15-24(31)30-29-14-18-7-6-8-21(11-18)37-27(32)19-12-22(33-3)26(35-5)23(13-19)34-4/h6-14H,15H2,1-5H3,(H,30,31)/b29-14-. The van der Waals surface area contributed by atoms with Crippen LogP contribution >= 0.6 is 22.6 Å². The zero-order chi connectivity index (χ0) is 26.9. The highest BCUT2D eigenvalue weighted by Crippen LogP contribution is 2.38. The van der Waals surface area contributed by atoms with E-state index in [4.69, 9.17) is 23.7 Å². The molecule has 0 fully saturated rings. The van der Waals surface area contributed by atoms with Gasteiger partial charge in [-0.15, -0.1) is 0 Å². The fourth-order valence-electron chi connectivity index (χ4n) is 3.50. The molecule has 0 aromatic heterocycles. The predicted molar refractivity (Wildman–Crippen MR) is 147 cm³/mol. The van der Waals surface area contributed by atoms with Gasteiger partial charge < -0.3 is 23.7 Å². The summed E-state index contributed by atoms with van der Waals surface area (Å²) in [4.78, 5) is 24.9. The van der Waals surface area contributed by atoms with E-state index in [0.29, 0.717) is 34.3 Å². The van der Waals surface area contributed by atoms with Crippen molar-refractivity contribution in [3.63, 3.8) is 0 Å². The molecule has 9 nitrogen and oxygen atoms in total. The summed E-state index contributed by atoms with van der Waals surface area (Å²) in [5.41, 5.74) is 5.18. The Morgan fingerprint density at radius 1 is 0.919 bits per heavy atom. The van der Waals surface area contributed by atoms with Crippen molar-refractivity contribution >= 4 is 40.7 Å². The molecule has 0 aliphatic carbocycles. The Hall–Kier alpha value is -3.80. The van der Waals surface area contributed by atoms with E-state index >= 15 is 0 Å². The van der Waals surface area contributed by atoms with E-state index in [1.807, 2.05) is 26.0 Å². The van der Waals surface area contributed by atoms with Crippen LogP contribution in [0.15, 0.2) is 53.6 Å². The molecule has 1 N–H and O–H groups in total. The van der Waals surface area contributed by atoms with E-state index in [9.17, 15) is 9.59 Å². The molecule has 3 aromatic carbocycles. The van der Waals surface area contributed by atoms with Gasteiger partial charge in [0, 0.05) is 3.57 Å². The maximum absolute atomic E-state index is 12.7. The third-order valence-electron chi connectivity index (χ3n) is 5.14. The van der Waals surface area contributed by atoms with Crippen LogP contribution in [0.25, 0.3) is 0 Å². The predicted octanol–water partition coefficient (Wildman–Crippen LogP) is 4.68. The van der Waals surface area contributed by atoms with Gasteiger partial charge in [0.25, 0.3) is 5.91 Å². The summed E-state index contributed by atoms with van der Waals surface area (Å²) in [5, 5.41) is 3.96. The minimum Gasteiger partial charge on any atom is -0.493 e. The van der Waals surface area contributed by atoms with Crippen LogP contribution in [-0.4, -0.2) is 46.0 Å². The molecule has 3 rings (SSSR count). The lowest BCUT2D eigenvalue weighted by Crippen LogP contribution is -2.25. The molecule has 0 saturated carbocycles. The molecular formula is C27H27IN2O7. The molecule has 0 heterocycles. The van der Waals surface area contributed by atoms with Crippen molar-refractivity contribution < 1.29 is 33.3 Å². The molecular weight excluding hydrogens is 591 g/mol. The first kappa shape index (κ1) is 27.8. The molecule has 37 heavy (non-hydrogen) atoms. The van der Waals surface area contributed by atoms with E-state index in [2.05, 4.69) is 33.1 Å². The van der Waals surface area contributed by atoms with Crippen LogP contribution in [0.4, 0.5) is 0 Å². The number of carbonyl (C=O) groups is 2. The molecule has 0 spiro atoms. The Kier molecular flexibility index (Phi) is 9.72. The average Bonchev–Trinajstić information content (AvgIpc) is 2.87. The van der Waals surface area contributed by atoms with Crippen LogP contribution < -0.4 is 29.1 Å². The maximum atomic E-state index is 12.7. The van der Waals surface area contributed by atoms with Gasteiger partial charge in [-0.1, -0.05) is 12.1 Å². The molecule has 0 bridgehead atoms. The van der Waals surface area contributed by atoms with Crippen LogP contribution in [-0.2, 0) is 4.79 Å². The lowest BCUT2D eigenvalue weighted by molar-refractivity contribution is -0.123. The number of rotatable bonds is 10. The normalized spacial score (nSPS) is 10.6. The smallest absolute Gasteiger partial charge is 0.343 e. The van der Waals surface area contributed by atoms with Crippen molar-refractivity contribution in [1.82, 2.24) is 5.43 Å². The van der Waals surface area contributed by atoms with Gasteiger partial charge in [-0.2, -0.15) is 5.10 Å². The molecule has 0 radical (unpaired) electrons. The number of amides is 1. The first-order valence-corrected chi connectivity index (χ1v) is 12.2. The summed E-state index contributed by atoms with van der Waals surface area (Å²) < 4.78 is 28.1. The SMILES string of the molecule is COc1cc(C(=O)Oc2cccc(/C=N\NC(=O)COc3c(C)cc(I)cc3C)c2)cc(OC)c1OC. The Morgan fingerprint density at radius 2 is 1.57 bits per heavy atom. The van der Waals surface area contributed by atoms with Crippen molar-refractivity contribution in [1.29, 1.82) is 0 Å². The first-order chi connectivity index (χ1) is 17.7. The van der Waals surface area contributed by atoms with Gasteiger partial charge >= 0.3 is 5.97 Å². The highest BCUT2D eigenvalue weighted by atomic mass is 127. The fraction of sp³-hybridized carbons (Fsp3) is 0.222. The highest BCUT2D eigenvalue weighted by molar-refractivity contribution is 14.1. The Morgan fingerprint density at radius 3 is 2.16 bits per heavy atom. The molecule has 0 aliphatic heterocycles. The van der Waals surface area contributed by atoms with Gasteiger partial charge in [0.2, 0.25) is 5.75 Å². The second-order valence-corrected chi connectivity index (χ2v) is 9.07. The quantitative estimate of drug-likeness (QED) is 0.116. The molecule has 1 amide bonds. The Balaban J connectivity index is 1.61. The number of hydrogen-bond donors (Lipinski definition) is 1. The summed E-state index contributed by atoms with van der Waals surface area (Å²) >= 11 is 2.24. The number of esters is 1. The Bertz CT molecular complexity index is 1280. The lowest BCUT2D eigenvalue weighted by Gasteiger charge is -2.13. The van der Waals surface area contributed by atoms with Crippen molar-refractivity contribution in [2.45, 2.75) is 13.8 Å². The molecule has 3 aromatic rings. The van der Waals surface area contributed by atoms with E-state index in [1.54, 1.807) is 24.3 Å². The highest BCUT2D eigenvalue weighted by Gasteiger charge is 2.18. The zero-order valence-corrected chi connectivity index (χ0v) is 23.2. The average molecular weight is 618 g/mol. The summed E-state index contributed by atoms with van der Waals surface area (Å²) in [6, 6.07) is 13.7. The third-order valence-corrected chi connectivity index (χ3v) is 5.77. The number of carbonyl (C=O) groups excluding carboxylic acids is 2. The van der Waals surface area contributed by atoms with Gasteiger partial charge in [-0.05, 0) is 89.5 Å². The van der Waals surface area contributed by atoms with E-state index in [-0.39, 0.29) is 12.2 Å². The molecule has 10 heteroatoms. The van der Waals surface area contributed by atoms with Crippen LogP contribution in [0, 0.1) is 17.4 Å². The van der Waals surface area contributed by atoms with Gasteiger partial charge in [-0.25, -0.2) is 10.2 Å². The molecule has 0 unspecified atom stereocenters. The second kappa shape index (κ2) is 12.9. The number of benzene rings is 3. The number of ether oxygens (including phenoxy) is 5. The molecule has 0 aliphatic rings. The van der Waals surface area contributed by atoms with Gasteiger partial charge in [0.05, 0.1) is 33.1 Å². The monoisotopic (exact) mass is 618 g/mol. The summed E-state index contributed by atoms with van der Waals surface area (Å²) in [6.45, 7) is 3.69. The second-order valence-electron chi connectivity index (χ2n) is 7.83. The van der Waals surface area contributed by atoms with E-state index in [0.717, 1.165) is 14.7 Å². The van der Waals surface area contributed by atoms with Gasteiger partial charge in [0.15, 0.2) is 18.1 Å². The number of hydrogen-bond acceptors (Lipinski definition) is 8. The van der Waals surface area contributed by atoms with E-state index in [1.165, 1.54) is 39.7 Å². The topological polar surface area (TPSA) is 105 Å². The van der Waals surface area contributed by atoms with Gasteiger partial charge in [0.1, 0.15) is 11.5 Å². The van der Waals surface area contributed by atoms with E-state index < -0.39 is 11.9 Å². The molecule has 194 valence electrons. The van der Waals surface area contributed by atoms with Gasteiger partial charge in [-0.3, -0.25) is 4.79 Å². The Labute approximate surface area is 228 Å². The number of methoxy groups -OCH3 is 3. The fourth-order valence-corrected chi connectivity index (χ4v) is 4.43. The number of aryl methyl sites for hydroxylation is 2. The first-order valence-electron chi connectivity index (χ1n) is 11.1. The number of halogens is 1. The van der Waals surface area contributed by atoms with Crippen molar-refractivity contribution in [3.05, 3.63) is 74.4 Å². The van der Waals surface area contributed by atoms with Crippen molar-refractivity contribution in [3.8, 4) is 28.7 Å². The third kappa shape index (κ3) is 7.35. The number of nitrogens with one attached hydrogen (secondary N) is 1. The minimum atomic E-state index is -0.611. The molecule has 0 saturated heterocycles. The summed E-state index contributed by atoms with van der Waals surface area (Å²) in [6.07, 6.45) is 1.44. The van der Waals surface area contributed by atoms with Crippen LogP contribution in [0.1, 0.15) is 27.0 Å². The van der Waals surface area contributed by atoms with Crippen LogP contribution in [0.3, 0.4) is 0 Å². The summed E-state index contributed by atoms with van der Waals surface area (Å²) in [7, 11) is 4.40. The van der Waals surface area contributed by atoms with Crippen LogP contribution in [0.5, 0.6) is 28.7 Å².